The van der Waals surface area contributed by atoms with E-state index in [9.17, 15) is 24.8 Å². The number of phenolic OH excluding ortho intramolecular Hbond substituents is 1. The van der Waals surface area contributed by atoms with Gasteiger partial charge in [-0.3, -0.25) is 19.7 Å². The van der Waals surface area contributed by atoms with Crippen molar-refractivity contribution in [2.75, 3.05) is 11.1 Å². The Balaban J connectivity index is 1.55. The lowest BCUT2D eigenvalue weighted by atomic mass is 10.1. The summed E-state index contributed by atoms with van der Waals surface area (Å²) < 4.78 is 1.67. The first-order valence-electron chi connectivity index (χ1n) is 9.38. The van der Waals surface area contributed by atoms with Crippen LogP contribution in [0.5, 0.6) is 5.75 Å². The van der Waals surface area contributed by atoms with E-state index in [0.717, 1.165) is 29.5 Å². The molecule has 2 amide bonds. The minimum Gasteiger partial charge on any atom is -0.502 e. The van der Waals surface area contributed by atoms with E-state index in [0.29, 0.717) is 16.5 Å². The molecule has 1 aromatic heterocycles. The zero-order chi connectivity index (χ0) is 23.3. The largest absolute Gasteiger partial charge is 0.502 e. The standard InChI is InChI=1S/C20H20N6O5S/c1-12-5-3-4-6-14(12)19(29)21-10-17-23-24-20(25(17)2)32-11-18(28)22-13-7-8-16(27)15(9-13)26(30)31/h3-9,27H,10-11H2,1-2H3,(H,21,29)(H,22,28). The van der Waals surface area contributed by atoms with Crippen molar-refractivity contribution in [2.24, 2.45) is 7.05 Å². The molecule has 0 atom stereocenters. The van der Waals surface area contributed by atoms with E-state index in [4.69, 9.17) is 0 Å². The van der Waals surface area contributed by atoms with Crippen LogP contribution in [-0.4, -0.2) is 42.4 Å². The van der Waals surface area contributed by atoms with Crippen molar-refractivity contribution in [2.45, 2.75) is 18.6 Å². The number of rotatable bonds is 8. The molecule has 1 heterocycles. The van der Waals surface area contributed by atoms with Crippen LogP contribution in [0.25, 0.3) is 0 Å². The van der Waals surface area contributed by atoms with Crippen LogP contribution < -0.4 is 10.6 Å². The first-order chi connectivity index (χ1) is 15.3. The predicted molar refractivity (Wildman–Crippen MR) is 117 cm³/mol. The molecule has 0 unspecified atom stereocenters. The molecule has 0 radical (unpaired) electrons. The van der Waals surface area contributed by atoms with Gasteiger partial charge >= 0.3 is 5.69 Å². The summed E-state index contributed by atoms with van der Waals surface area (Å²) in [6.45, 7) is 2.02. The minimum absolute atomic E-state index is 0.0176. The van der Waals surface area contributed by atoms with Gasteiger partial charge in [-0.1, -0.05) is 30.0 Å². The van der Waals surface area contributed by atoms with E-state index in [1.54, 1.807) is 23.7 Å². The molecule has 0 aliphatic heterocycles. The summed E-state index contributed by atoms with van der Waals surface area (Å²) in [5.41, 5.74) is 1.14. The van der Waals surface area contributed by atoms with Gasteiger partial charge in [0, 0.05) is 24.4 Å². The Bertz CT molecular complexity index is 1180. The molecule has 0 saturated carbocycles. The molecule has 0 bridgehead atoms. The molecule has 32 heavy (non-hydrogen) atoms. The normalized spacial score (nSPS) is 10.6. The number of aryl methyl sites for hydroxylation is 1. The maximum Gasteiger partial charge on any atom is 0.312 e. The molecule has 3 N–H and O–H groups in total. The molecule has 12 heteroatoms. The number of carbonyl (C=O) groups is 2. The predicted octanol–water partition coefficient (Wildman–Crippen LogP) is 2.40. The third-order valence-corrected chi connectivity index (χ3v) is 5.53. The highest BCUT2D eigenvalue weighted by Crippen LogP contribution is 2.28. The summed E-state index contributed by atoms with van der Waals surface area (Å²) in [6.07, 6.45) is 0. The van der Waals surface area contributed by atoms with Gasteiger partial charge in [-0.2, -0.15) is 0 Å². The number of nitrogens with zero attached hydrogens (tertiary/aromatic N) is 4. The Labute approximate surface area is 187 Å². The fourth-order valence-electron chi connectivity index (χ4n) is 2.78. The second-order valence-electron chi connectivity index (χ2n) is 6.75. The number of anilines is 1. The molecule has 0 saturated heterocycles. The van der Waals surface area contributed by atoms with Gasteiger partial charge in [0.25, 0.3) is 5.91 Å². The lowest BCUT2D eigenvalue weighted by Gasteiger charge is -2.08. The van der Waals surface area contributed by atoms with Gasteiger partial charge in [-0.25, -0.2) is 0 Å². The lowest BCUT2D eigenvalue weighted by molar-refractivity contribution is -0.385. The molecule has 0 aliphatic rings. The van der Waals surface area contributed by atoms with Gasteiger partial charge in [0.15, 0.2) is 16.7 Å². The number of amides is 2. The third kappa shape index (κ3) is 5.40. The van der Waals surface area contributed by atoms with Crippen molar-refractivity contribution < 1.29 is 19.6 Å². The van der Waals surface area contributed by atoms with Gasteiger partial charge in [0.05, 0.1) is 17.2 Å². The number of aromatic hydroxyl groups is 1. The average Bonchev–Trinajstić information content (AvgIpc) is 3.11. The number of carbonyl (C=O) groups excluding carboxylic acids is 2. The molecule has 3 aromatic rings. The van der Waals surface area contributed by atoms with Crippen LogP contribution in [0.1, 0.15) is 21.7 Å². The van der Waals surface area contributed by atoms with Crippen molar-refractivity contribution in [3.63, 3.8) is 0 Å². The van der Waals surface area contributed by atoms with Gasteiger partial charge < -0.3 is 20.3 Å². The van der Waals surface area contributed by atoms with E-state index in [1.165, 1.54) is 6.07 Å². The van der Waals surface area contributed by atoms with Crippen molar-refractivity contribution >= 4 is 35.0 Å². The summed E-state index contributed by atoms with van der Waals surface area (Å²) in [7, 11) is 1.72. The second kappa shape index (κ2) is 9.92. The topological polar surface area (TPSA) is 152 Å². The first-order valence-corrected chi connectivity index (χ1v) is 10.4. The van der Waals surface area contributed by atoms with Crippen LogP contribution in [-0.2, 0) is 18.4 Å². The van der Waals surface area contributed by atoms with Crippen molar-refractivity contribution in [3.8, 4) is 5.75 Å². The van der Waals surface area contributed by atoms with Crippen LogP contribution in [0.3, 0.4) is 0 Å². The van der Waals surface area contributed by atoms with E-state index >= 15 is 0 Å². The van der Waals surface area contributed by atoms with E-state index in [2.05, 4.69) is 20.8 Å². The highest BCUT2D eigenvalue weighted by molar-refractivity contribution is 7.99. The van der Waals surface area contributed by atoms with Crippen LogP contribution in [0.15, 0.2) is 47.6 Å². The highest BCUT2D eigenvalue weighted by Gasteiger charge is 2.16. The summed E-state index contributed by atoms with van der Waals surface area (Å²) in [5.74, 6) is -0.612. The highest BCUT2D eigenvalue weighted by atomic mass is 32.2. The summed E-state index contributed by atoms with van der Waals surface area (Å²) in [5, 5.41) is 34.3. The second-order valence-corrected chi connectivity index (χ2v) is 7.70. The Morgan fingerprint density at radius 2 is 1.97 bits per heavy atom. The Morgan fingerprint density at radius 3 is 2.69 bits per heavy atom. The SMILES string of the molecule is Cc1ccccc1C(=O)NCc1nnc(SCC(=O)Nc2ccc(O)c([N+](=O)[O-])c2)n1C. The quantitative estimate of drug-likeness (QED) is 0.202. The molecule has 2 aromatic carbocycles. The number of aromatic nitrogens is 3. The average molecular weight is 456 g/mol. The molecule has 3 rings (SSSR count). The fourth-order valence-corrected chi connectivity index (χ4v) is 3.51. The Kier molecular flexibility index (Phi) is 7.05. The molecule has 0 spiro atoms. The van der Waals surface area contributed by atoms with Gasteiger partial charge in [-0.15, -0.1) is 10.2 Å². The molecule has 166 valence electrons. The molecular formula is C20H20N6O5S. The Hall–Kier alpha value is -3.93. The zero-order valence-electron chi connectivity index (χ0n) is 17.2. The number of hydrogen-bond donors (Lipinski definition) is 3. The number of phenols is 1. The number of benzene rings is 2. The monoisotopic (exact) mass is 456 g/mol. The maximum atomic E-state index is 12.3. The fraction of sp³-hybridized carbons (Fsp3) is 0.200. The molecular weight excluding hydrogens is 436 g/mol. The minimum atomic E-state index is -0.737. The van der Waals surface area contributed by atoms with E-state index in [-0.39, 0.29) is 23.9 Å². The number of nitrogens with one attached hydrogen (secondary N) is 2. The molecule has 0 aliphatic carbocycles. The number of thioether (sulfide) groups is 1. The van der Waals surface area contributed by atoms with Crippen molar-refractivity contribution in [1.82, 2.24) is 20.1 Å². The number of nitro groups is 1. The van der Waals surface area contributed by atoms with E-state index in [1.807, 2.05) is 19.1 Å². The lowest BCUT2D eigenvalue weighted by Crippen LogP contribution is -2.25. The number of nitro benzene ring substituents is 1. The van der Waals surface area contributed by atoms with Crippen LogP contribution in [0.2, 0.25) is 0 Å². The third-order valence-electron chi connectivity index (χ3n) is 4.51. The molecule has 11 nitrogen and oxygen atoms in total. The smallest absolute Gasteiger partial charge is 0.312 e. The van der Waals surface area contributed by atoms with Gasteiger partial charge in [0.2, 0.25) is 5.91 Å². The van der Waals surface area contributed by atoms with E-state index < -0.39 is 22.3 Å². The van der Waals surface area contributed by atoms with Crippen molar-refractivity contribution in [3.05, 3.63) is 69.5 Å². The maximum absolute atomic E-state index is 12.3. The molecule has 0 fully saturated rings. The zero-order valence-corrected chi connectivity index (χ0v) is 18.0. The van der Waals surface area contributed by atoms with Crippen LogP contribution in [0, 0.1) is 17.0 Å². The summed E-state index contributed by atoms with van der Waals surface area (Å²) in [4.78, 5) is 34.7. The number of hydrogen-bond acceptors (Lipinski definition) is 8. The first kappa shape index (κ1) is 22.7. The van der Waals surface area contributed by atoms with Gasteiger partial charge in [0.1, 0.15) is 0 Å². The van der Waals surface area contributed by atoms with Crippen molar-refractivity contribution in [1.29, 1.82) is 0 Å². The Morgan fingerprint density at radius 1 is 1.22 bits per heavy atom. The summed E-state index contributed by atoms with van der Waals surface area (Å²) in [6, 6.07) is 10.8. The summed E-state index contributed by atoms with van der Waals surface area (Å²) >= 11 is 1.12. The van der Waals surface area contributed by atoms with Crippen LogP contribution in [0.4, 0.5) is 11.4 Å². The van der Waals surface area contributed by atoms with Gasteiger partial charge in [-0.05, 0) is 30.7 Å². The van der Waals surface area contributed by atoms with Crippen LogP contribution >= 0.6 is 11.8 Å².